The van der Waals surface area contributed by atoms with E-state index in [1.54, 1.807) is 31.2 Å². The summed E-state index contributed by atoms with van der Waals surface area (Å²) in [4.78, 5) is 23.1. The van der Waals surface area contributed by atoms with Crippen LogP contribution in [0.2, 0.25) is 0 Å². The van der Waals surface area contributed by atoms with Crippen molar-refractivity contribution in [2.24, 2.45) is 0 Å². The van der Waals surface area contributed by atoms with Crippen LogP contribution in [0, 0.1) is 0 Å². The number of rotatable bonds is 10. The standard InChI is InChI=1S/C20H23NO5S/c1-3-24-16-9-11-18(12-10-16)26-17-7-5-15(6-8-17)21-19(22)13-27-14-20(23)25-4-2/h5-12H,3-4,13-14H2,1-2H3,(H,21,22). The maximum Gasteiger partial charge on any atom is 0.315 e. The van der Waals surface area contributed by atoms with Gasteiger partial charge in [-0.1, -0.05) is 0 Å². The Hall–Kier alpha value is -2.67. The van der Waals surface area contributed by atoms with Crippen LogP contribution >= 0.6 is 11.8 Å². The molecule has 0 saturated carbocycles. The van der Waals surface area contributed by atoms with Gasteiger partial charge in [0, 0.05) is 5.69 Å². The molecule has 0 atom stereocenters. The minimum absolute atomic E-state index is 0.163. The molecule has 1 N–H and O–H groups in total. The zero-order valence-electron chi connectivity index (χ0n) is 15.4. The molecule has 7 heteroatoms. The second kappa shape index (κ2) is 11.1. The van der Waals surface area contributed by atoms with E-state index in [1.165, 1.54) is 11.8 Å². The summed E-state index contributed by atoms with van der Waals surface area (Å²) in [7, 11) is 0. The van der Waals surface area contributed by atoms with Crippen LogP contribution in [-0.4, -0.2) is 36.6 Å². The van der Waals surface area contributed by atoms with Crippen LogP contribution in [0.25, 0.3) is 0 Å². The van der Waals surface area contributed by atoms with Crippen molar-refractivity contribution in [2.45, 2.75) is 13.8 Å². The van der Waals surface area contributed by atoms with E-state index in [2.05, 4.69) is 5.32 Å². The van der Waals surface area contributed by atoms with E-state index >= 15 is 0 Å². The molecule has 6 nitrogen and oxygen atoms in total. The Labute approximate surface area is 163 Å². The first-order valence-corrected chi connectivity index (χ1v) is 9.80. The second-order valence-electron chi connectivity index (χ2n) is 5.38. The van der Waals surface area contributed by atoms with Crippen LogP contribution in [0.4, 0.5) is 5.69 Å². The van der Waals surface area contributed by atoms with Crippen molar-refractivity contribution < 1.29 is 23.8 Å². The third kappa shape index (κ3) is 7.62. The number of hydrogen-bond acceptors (Lipinski definition) is 6. The van der Waals surface area contributed by atoms with Gasteiger partial charge >= 0.3 is 5.97 Å². The van der Waals surface area contributed by atoms with Gasteiger partial charge in [0.2, 0.25) is 5.91 Å². The average Bonchev–Trinajstić information content (AvgIpc) is 2.65. The Morgan fingerprint density at radius 1 is 0.852 bits per heavy atom. The molecule has 0 fully saturated rings. The van der Waals surface area contributed by atoms with Crippen LogP contribution in [0.15, 0.2) is 48.5 Å². The zero-order valence-corrected chi connectivity index (χ0v) is 16.2. The molecule has 0 aliphatic rings. The summed E-state index contributed by atoms with van der Waals surface area (Å²) in [6.07, 6.45) is 0. The Morgan fingerprint density at radius 2 is 1.44 bits per heavy atom. The van der Waals surface area contributed by atoms with Crippen LogP contribution in [0.3, 0.4) is 0 Å². The smallest absolute Gasteiger partial charge is 0.315 e. The summed E-state index contributed by atoms with van der Waals surface area (Å²) < 4.78 is 16.0. The van der Waals surface area contributed by atoms with E-state index in [4.69, 9.17) is 14.2 Å². The summed E-state index contributed by atoms with van der Waals surface area (Å²) in [5.74, 6) is 2.01. The number of carbonyl (C=O) groups is 2. The minimum Gasteiger partial charge on any atom is -0.494 e. The quantitative estimate of drug-likeness (QED) is 0.617. The number of nitrogens with one attached hydrogen (secondary N) is 1. The molecule has 0 aromatic heterocycles. The summed E-state index contributed by atoms with van der Waals surface area (Å²) in [5, 5.41) is 2.78. The van der Waals surface area contributed by atoms with Crippen molar-refractivity contribution in [3.8, 4) is 17.2 Å². The number of amides is 1. The van der Waals surface area contributed by atoms with E-state index in [1.807, 2.05) is 31.2 Å². The molecular weight excluding hydrogens is 366 g/mol. The molecule has 27 heavy (non-hydrogen) atoms. The molecule has 0 radical (unpaired) electrons. The van der Waals surface area contributed by atoms with E-state index in [9.17, 15) is 9.59 Å². The van der Waals surface area contributed by atoms with Crippen LogP contribution in [0.5, 0.6) is 17.2 Å². The molecular formula is C20H23NO5S. The topological polar surface area (TPSA) is 73.9 Å². The normalized spacial score (nSPS) is 10.1. The fraction of sp³-hybridized carbons (Fsp3) is 0.300. The highest BCUT2D eigenvalue weighted by molar-refractivity contribution is 8.00. The molecule has 0 aliphatic heterocycles. The van der Waals surface area contributed by atoms with Crippen molar-refractivity contribution in [1.82, 2.24) is 0 Å². The zero-order chi connectivity index (χ0) is 19.5. The van der Waals surface area contributed by atoms with Crippen molar-refractivity contribution in [3.63, 3.8) is 0 Å². The summed E-state index contributed by atoms with van der Waals surface area (Å²) in [6.45, 7) is 4.65. The van der Waals surface area contributed by atoms with Gasteiger partial charge in [0.05, 0.1) is 24.7 Å². The lowest BCUT2D eigenvalue weighted by molar-refractivity contribution is -0.139. The molecule has 2 rings (SSSR count). The van der Waals surface area contributed by atoms with Crippen LogP contribution < -0.4 is 14.8 Å². The lowest BCUT2D eigenvalue weighted by atomic mass is 10.3. The van der Waals surface area contributed by atoms with Gasteiger partial charge in [0.1, 0.15) is 17.2 Å². The minimum atomic E-state index is -0.314. The molecule has 0 saturated heterocycles. The van der Waals surface area contributed by atoms with Gasteiger partial charge in [-0.25, -0.2) is 0 Å². The number of thioether (sulfide) groups is 1. The molecule has 0 heterocycles. The third-order valence-electron chi connectivity index (χ3n) is 3.27. The van der Waals surface area contributed by atoms with Gasteiger partial charge in [-0.05, 0) is 62.4 Å². The predicted octanol–water partition coefficient (Wildman–Crippen LogP) is 4.11. The Balaban J connectivity index is 1.78. The number of carbonyl (C=O) groups excluding carboxylic acids is 2. The molecule has 0 aliphatic carbocycles. The van der Waals surface area contributed by atoms with Crippen LogP contribution in [0.1, 0.15) is 13.8 Å². The molecule has 0 unspecified atom stereocenters. The second-order valence-corrected chi connectivity index (χ2v) is 6.36. The van der Waals surface area contributed by atoms with E-state index < -0.39 is 0 Å². The van der Waals surface area contributed by atoms with Gasteiger partial charge in [-0.3, -0.25) is 9.59 Å². The SMILES string of the molecule is CCOC(=O)CSCC(=O)Nc1ccc(Oc2ccc(OCC)cc2)cc1. The molecule has 2 aromatic carbocycles. The maximum absolute atomic E-state index is 11.9. The lowest BCUT2D eigenvalue weighted by Gasteiger charge is -2.09. The predicted molar refractivity (Wildman–Crippen MR) is 107 cm³/mol. The lowest BCUT2D eigenvalue weighted by Crippen LogP contribution is -2.16. The van der Waals surface area contributed by atoms with Crippen molar-refractivity contribution in [1.29, 1.82) is 0 Å². The van der Waals surface area contributed by atoms with Gasteiger partial charge in [0.15, 0.2) is 0 Å². The maximum atomic E-state index is 11.9. The Morgan fingerprint density at radius 3 is 2.04 bits per heavy atom. The molecule has 144 valence electrons. The molecule has 0 spiro atoms. The number of benzene rings is 2. The number of esters is 1. The van der Waals surface area contributed by atoms with Gasteiger partial charge in [0.25, 0.3) is 0 Å². The highest BCUT2D eigenvalue weighted by Crippen LogP contribution is 2.25. The van der Waals surface area contributed by atoms with E-state index in [0.717, 1.165) is 5.75 Å². The van der Waals surface area contributed by atoms with E-state index in [0.29, 0.717) is 30.4 Å². The van der Waals surface area contributed by atoms with E-state index in [-0.39, 0.29) is 23.4 Å². The largest absolute Gasteiger partial charge is 0.494 e. The molecule has 1 amide bonds. The number of ether oxygens (including phenoxy) is 3. The highest BCUT2D eigenvalue weighted by atomic mass is 32.2. The van der Waals surface area contributed by atoms with Gasteiger partial charge in [-0.2, -0.15) is 0 Å². The van der Waals surface area contributed by atoms with Crippen molar-refractivity contribution >= 4 is 29.3 Å². The monoisotopic (exact) mass is 389 g/mol. The third-order valence-corrected chi connectivity index (χ3v) is 4.17. The summed E-state index contributed by atoms with van der Waals surface area (Å²) in [6, 6.07) is 14.4. The summed E-state index contributed by atoms with van der Waals surface area (Å²) >= 11 is 1.22. The first kappa shape index (κ1) is 20.6. The van der Waals surface area contributed by atoms with Crippen LogP contribution in [-0.2, 0) is 14.3 Å². The summed E-state index contributed by atoms with van der Waals surface area (Å²) in [5.41, 5.74) is 0.663. The number of hydrogen-bond donors (Lipinski definition) is 1. The average molecular weight is 389 g/mol. The molecule has 0 bridgehead atoms. The van der Waals surface area contributed by atoms with Gasteiger partial charge < -0.3 is 19.5 Å². The molecule has 2 aromatic rings. The Bertz CT molecular complexity index is 731. The number of anilines is 1. The highest BCUT2D eigenvalue weighted by Gasteiger charge is 2.07. The van der Waals surface area contributed by atoms with Crippen molar-refractivity contribution in [3.05, 3.63) is 48.5 Å². The first-order chi connectivity index (χ1) is 13.1. The first-order valence-electron chi connectivity index (χ1n) is 8.64. The van der Waals surface area contributed by atoms with Gasteiger partial charge in [-0.15, -0.1) is 11.8 Å². The Kier molecular flexibility index (Phi) is 8.51. The fourth-order valence-electron chi connectivity index (χ4n) is 2.14. The van der Waals surface area contributed by atoms with Crippen molar-refractivity contribution in [2.75, 3.05) is 30.0 Å². The fourth-order valence-corrected chi connectivity index (χ4v) is 2.75.